The van der Waals surface area contributed by atoms with Crippen molar-refractivity contribution in [2.45, 2.75) is 25.3 Å². The van der Waals surface area contributed by atoms with Crippen molar-refractivity contribution in [2.75, 3.05) is 13.1 Å². The van der Waals surface area contributed by atoms with Gasteiger partial charge in [0.25, 0.3) is 0 Å². The van der Waals surface area contributed by atoms with Crippen LogP contribution in [0.2, 0.25) is 0 Å². The fourth-order valence-corrected chi connectivity index (χ4v) is 2.80. The Kier molecular flexibility index (Phi) is 3.54. The quantitative estimate of drug-likeness (QED) is 0.933. The molecule has 1 aliphatic rings. The maximum absolute atomic E-state index is 11.7. The summed E-state index contributed by atoms with van der Waals surface area (Å²) in [5.41, 5.74) is -0.0819. The molecule has 3 nitrogen and oxygen atoms in total. The van der Waals surface area contributed by atoms with E-state index in [0.29, 0.717) is 0 Å². The molecule has 1 N–H and O–H groups in total. The Labute approximate surface area is 110 Å². The maximum Gasteiger partial charge on any atom is 0.328 e. The first-order valence-electron chi connectivity index (χ1n) is 5.79. The Hall–Kier alpha value is -0.870. The molecular weight excluding hydrogens is 282 g/mol. The van der Waals surface area contributed by atoms with Crippen molar-refractivity contribution >= 4 is 21.9 Å². The molecule has 0 saturated carbocycles. The maximum atomic E-state index is 11.7. The molecule has 0 aromatic heterocycles. The summed E-state index contributed by atoms with van der Waals surface area (Å²) in [6.45, 7) is 3.51. The molecule has 92 valence electrons. The number of rotatable bonds is 3. The summed E-state index contributed by atoms with van der Waals surface area (Å²) < 4.78 is 0.918. The molecule has 1 heterocycles. The van der Waals surface area contributed by atoms with Gasteiger partial charge in [-0.05, 0) is 50.6 Å². The van der Waals surface area contributed by atoms with Crippen LogP contribution in [0, 0.1) is 0 Å². The standard InChI is InChI=1S/C13H16BrNO2/c1-13(12(16)17,15-7-2-3-8-15)10-5-4-6-11(14)9-10/h4-6,9H,2-3,7-8H2,1H3,(H,16,17). The van der Waals surface area contributed by atoms with Crippen LogP contribution in [0.25, 0.3) is 0 Å². The predicted octanol–water partition coefficient (Wildman–Crippen LogP) is 2.84. The number of nitrogens with zero attached hydrogens (tertiary/aromatic N) is 1. The zero-order valence-corrected chi connectivity index (χ0v) is 11.4. The molecule has 1 aromatic rings. The molecular formula is C13H16BrNO2. The lowest BCUT2D eigenvalue weighted by Gasteiger charge is -2.35. The van der Waals surface area contributed by atoms with Gasteiger partial charge in [0.2, 0.25) is 0 Å². The predicted molar refractivity (Wildman–Crippen MR) is 69.9 cm³/mol. The number of hydrogen-bond donors (Lipinski definition) is 1. The first kappa shape index (κ1) is 12.6. The number of likely N-dealkylation sites (tertiary alicyclic amines) is 1. The van der Waals surface area contributed by atoms with E-state index in [-0.39, 0.29) is 0 Å². The van der Waals surface area contributed by atoms with Crippen LogP contribution in [0.3, 0.4) is 0 Å². The third kappa shape index (κ3) is 2.24. The highest BCUT2D eigenvalue weighted by molar-refractivity contribution is 9.10. The van der Waals surface area contributed by atoms with Gasteiger partial charge in [0.1, 0.15) is 5.54 Å². The minimum atomic E-state index is -0.916. The smallest absolute Gasteiger partial charge is 0.328 e. The fourth-order valence-electron chi connectivity index (χ4n) is 2.40. The van der Waals surface area contributed by atoms with Crippen LogP contribution in [-0.2, 0) is 10.3 Å². The minimum absolute atomic E-state index is 0.780. The zero-order valence-electron chi connectivity index (χ0n) is 9.82. The Morgan fingerprint density at radius 3 is 2.59 bits per heavy atom. The molecule has 1 fully saturated rings. The number of benzene rings is 1. The van der Waals surface area contributed by atoms with E-state index in [1.54, 1.807) is 6.92 Å². The molecule has 4 heteroatoms. The summed E-state index contributed by atoms with van der Waals surface area (Å²) >= 11 is 3.40. The van der Waals surface area contributed by atoms with Crippen LogP contribution in [0.5, 0.6) is 0 Å². The largest absolute Gasteiger partial charge is 0.480 e. The van der Waals surface area contributed by atoms with Crippen molar-refractivity contribution < 1.29 is 9.90 Å². The molecule has 0 bridgehead atoms. The fraction of sp³-hybridized carbons (Fsp3) is 0.462. The lowest BCUT2D eigenvalue weighted by Crippen LogP contribution is -2.48. The number of aliphatic carboxylic acids is 1. The third-order valence-electron chi connectivity index (χ3n) is 3.54. The van der Waals surface area contributed by atoms with E-state index in [2.05, 4.69) is 20.8 Å². The summed E-state index contributed by atoms with van der Waals surface area (Å²) in [6.07, 6.45) is 2.16. The minimum Gasteiger partial charge on any atom is -0.480 e. The first-order valence-corrected chi connectivity index (χ1v) is 6.59. The van der Waals surface area contributed by atoms with Crippen LogP contribution in [0.15, 0.2) is 28.7 Å². The molecule has 0 aliphatic carbocycles. The van der Waals surface area contributed by atoms with E-state index in [1.165, 1.54) is 0 Å². The lowest BCUT2D eigenvalue weighted by atomic mass is 9.90. The van der Waals surface area contributed by atoms with Gasteiger partial charge in [-0.1, -0.05) is 28.1 Å². The summed E-state index contributed by atoms with van der Waals surface area (Å²) in [5, 5.41) is 9.58. The van der Waals surface area contributed by atoms with Crippen molar-refractivity contribution in [3.05, 3.63) is 34.3 Å². The van der Waals surface area contributed by atoms with E-state index in [4.69, 9.17) is 0 Å². The second-order valence-electron chi connectivity index (χ2n) is 4.58. The highest BCUT2D eigenvalue weighted by Crippen LogP contribution is 2.33. The van der Waals surface area contributed by atoms with Crippen molar-refractivity contribution in [3.63, 3.8) is 0 Å². The molecule has 0 radical (unpaired) electrons. The highest BCUT2D eigenvalue weighted by Gasteiger charge is 2.42. The molecule has 1 aliphatic heterocycles. The third-order valence-corrected chi connectivity index (χ3v) is 4.03. The van der Waals surface area contributed by atoms with Gasteiger partial charge in [0.05, 0.1) is 0 Å². The van der Waals surface area contributed by atoms with E-state index < -0.39 is 11.5 Å². The monoisotopic (exact) mass is 297 g/mol. The topological polar surface area (TPSA) is 40.5 Å². The zero-order chi connectivity index (χ0) is 12.5. The van der Waals surface area contributed by atoms with Crippen LogP contribution in [0.1, 0.15) is 25.3 Å². The molecule has 2 rings (SSSR count). The van der Waals surface area contributed by atoms with E-state index in [1.807, 2.05) is 24.3 Å². The average Bonchev–Trinajstić information content (AvgIpc) is 2.81. The lowest BCUT2D eigenvalue weighted by molar-refractivity contribution is -0.150. The van der Waals surface area contributed by atoms with Gasteiger partial charge in [0, 0.05) is 4.47 Å². The van der Waals surface area contributed by atoms with E-state index >= 15 is 0 Å². The van der Waals surface area contributed by atoms with Crippen LogP contribution < -0.4 is 0 Å². The van der Waals surface area contributed by atoms with Crippen molar-refractivity contribution in [3.8, 4) is 0 Å². The van der Waals surface area contributed by atoms with Gasteiger partial charge in [-0.2, -0.15) is 0 Å². The Morgan fingerprint density at radius 2 is 2.06 bits per heavy atom. The average molecular weight is 298 g/mol. The summed E-state index contributed by atoms with van der Waals surface area (Å²) in [7, 11) is 0. The van der Waals surface area contributed by atoms with Gasteiger partial charge in [-0.15, -0.1) is 0 Å². The number of halogens is 1. The number of carbonyl (C=O) groups is 1. The molecule has 1 saturated heterocycles. The molecule has 0 amide bonds. The first-order chi connectivity index (χ1) is 8.05. The van der Waals surface area contributed by atoms with E-state index in [0.717, 1.165) is 36.0 Å². The van der Waals surface area contributed by atoms with Gasteiger partial charge < -0.3 is 5.11 Å². The van der Waals surface area contributed by atoms with Crippen molar-refractivity contribution in [2.24, 2.45) is 0 Å². The number of carboxylic acid groups (broad SMARTS) is 1. The highest BCUT2D eigenvalue weighted by atomic mass is 79.9. The second-order valence-corrected chi connectivity index (χ2v) is 5.50. The Balaban J connectivity index is 2.43. The van der Waals surface area contributed by atoms with Gasteiger partial charge in [0.15, 0.2) is 0 Å². The Bertz CT molecular complexity index is 429. The SMILES string of the molecule is CC(C(=O)O)(c1cccc(Br)c1)N1CCCC1. The van der Waals surface area contributed by atoms with Crippen LogP contribution >= 0.6 is 15.9 Å². The van der Waals surface area contributed by atoms with Crippen molar-refractivity contribution in [1.29, 1.82) is 0 Å². The van der Waals surface area contributed by atoms with Crippen LogP contribution in [0.4, 0.5) is 0 Å². The molecule has 1 aromatic carbocycles. The molecule has 1 unspecified atom stereocenters. The summed E-state index contributed by atoms with van der Waals surface area (Å²) in [6, 6.07) is 7.58. The molecule has 17 heavy (non-hydrogen) atoms. The van der Waals surface area contributed by atoms with Crippen molar-refractivity contribution in [1.82, 2.24) is 4.90 Å². The number of hydrogen-bond acceptors (Lipinski definition) is 2. The van der Waals surface area contributed by atoms with Gasteiger partial charge >= 0.3 is 5.97 Å². The van der Waals surface area contributed by atoms with Gasteiger partial charge in [-0.25, -0.2) is 4.79 Å². The van der Waals surface area contributed by atoms with E-state index in [9.17, 15) is 9.90 Å². The Morgan fingerprint density at radius 1 is 1.41 bits per heavy atom. The second kappa shape index (κ2) is 4.78. The summed E-state index contributed by atoms with van der Waals surface area (Å²) in [5.74, 6) is -0.780. The van der Waals surface area contributed by atoms with Crippen LogP contribution in [-0.4, -0.2) is 29.1 Å². The summed E-state index contributed by atoms with van der Waals surface area (Å²) in [4.78, 5) is 13.7. The normalized spacial score (nSPS) is 20.1. The number of carboxylic acids is 1. The molecule has 0 spiro atoms. The molecule has 1 atom stereocenters. The van der Waals surface area contributed by atoms with Gasteiger partial charge in [-0.3, -0.25) is 4.90 Å².